The minimum Gasteiger partial charge on any atom is -0.355 e. The molecule has 0 saturated carbocycles. The SMILES string of the molecule is C[C@@H]1CCCCN1C(=S)SCC(=O)Nc1ccc(Cl)cc1C(=O)c1ccccc1. The van der Waals surface area contributed by atoms with Crippen molar-refractivity contribution in [3.8, 4) is 0 Å². The van der Waals surface area contributed by atoms with Gasteiger partial charge in [0.05, 0.1) is 11.4 Å². The summed E-state index contributed by atoms with van der Waals surface area (Å²) in [5.41, 5.74) is 1.36. The van der Waals surface area contributed by atoms with Crippen LogP contribution in [0.4, 0.5) is 5.69 Å². The van der Waals surface area contributed by atoms with Gasteiger partial charge in [0.15, 0.2) is 5.78 Å². The number of nitrogens with zero attached hydrogens (tertiary/aromatic N) is 1. The number of anilines is 1. The second-order valence-electron chi connectivity index (χ2n) is 7.03. The number of carbonyl (C=O) groups excluding carboxylic acids is 2. The van der Waals surface area contributed by atoms with E-state index in [1.54, 1.807) is 42.5 Å². The van der Waals surface area contributed by atoms with Crippen LogP contribution in [0.25, 0.3) is 0 Å². The molecule has 0 bridgehead atoms. The molecule has 1 aliphatic heterocycles. The van der Waals surface area contributed by atoms with Crippen LogP contribution in [-0.4, -0.2) is 39.3 Å². The highest BCUT2D eigenvalue weighted by Gasteiger charge is 2.22. The maximum atomic E-state index is 12.9. The second-order valence-corrected chi connectivity index (χ2v) is 9.07. The van der Waals surface area contributed by atoms with E-state index in [0.717, 1.165) is 23.7 Å². The van der Waals surface area contributed by atoms with Crippen molar-refractivity contribution in [2.75, 3.05) is 17.6 Å². The van der Waals surface area contributed by atoms with Crippen molar-refractivity contribution in [2.24, 2.45) is 0 Å². The van der Waals surface area contributed by atoms with Crippen LogP contribution in [0.1, 0.15) is 42.1 Å². The summed E-state index contributed by atoms with van der Waals surface area (Å²) >= 11 is 13.0. The van der Waals surface area contributed by atoms with Crippen LogP contribution in [0.3, 0.4) is 0 Å². The number of halogens is 1. The molecule has 2 aromatic carbocycles. The van der Waals surface area contributed by atoms with Crippen LogP contribution in [0.2, 0.25) is 5.02 Å². The third-order valence-corrected chi connectivity index (χ3v) is 6.61. The Kier molecular flexibility index (Phi) is 7.70. The van der Waals surface area contributed by atoms with Crippen molar-refractivity contribution < 1.29 is 9.59 Å². The van der Waals surface area contributed by atoms with Crippen molar-refractivity contribution >= 4 is 57.3 Å². The first-order valence-electron chi connectivity index (χ1n) is 9.58. The number of likely N-dealkylation sites (tertiary alicyclic amines) is 1. The number of hydrogen-bond donors (Lipinski definition) is 1. The van der Waals surface area contributed by atoms with Crippen molar-refractivity contribution in [2.45, 2.75) is 32.2 Å². The number of rotatable bonds is 5. The molecule has 0 spiro atoms. The van der Waals surface area contributed by atoms with E-state index in [9.17, 15) is 9.59 Å². The van der Waals surface area contributed by atoms with Gasteiger partial charge in [0.1, 0.15) is 4.32 Å². The first-order chi connectivity index (χ1) is 14.0. The zero-order valence-corrected chi connectivity index (χ0v) is 18.6. The van der Waals surface area contributed by atoms with Crippen LogP contribution >= 0.6 is 35.6 Å². The average Bonchev–Trinajstić information content (AvgIpc) is 2.73. The molecule has 0 aliphatic carbocycles. The monoisotopic (exact) mass is 446 g/mol. The summed E-state index contributed by atoms with van der Waals surface area (Å²) in [5, 5.41) is 3.28. The minimum atomic E-state index is -0.202. The van der Waals surface area contributed by atoms with E-state index < -0.39 is 0 Å². The first kappa shape index (κ1) is 21.8. The van der Waals surface area contributed by atoms with Gasteiger partial charge in [-0.25, -0.2) is 0 Å². The molecule has 0 unspecified atom stereocenters. The molecule has 1 amide bonds. The molecular weight excluding hydrogens is 424 g/mol. The van der Waals surface area contributed by atoms with Gasteiger partial charge in [-0.05, 0) is 44.4 Å². The third kappa shape index (κ3) is 5.81. The highest BCUT2D eigenvalue weighted by atomic mass is 35.5. The number of nitrogens with one attached hydrogen (secondary N) is 1. The fourth-order valence-corrected chi connectivity index (χ4v) is 4.71. The number of piperidine rings is 1. The summed E-state index contributed by atoms with van der Waals surface area (Å²) in [6.45, 7) is 3.11. The van der Waals surface area contributed by atoms with E-state index in [1.165, 1.54) is 18.2 Å². The van der Waals surface area contributed by atoms with Crippen molar-refractivity contribution in [3.05, 3.63) is 64.7 Å². The summed E-state index contributed by atoms with van der Waals surface area (Å²) in [6, 6.07) is 14.2. The number of ketones is 1. The van der Waals surface area contributed by atoms with Gasteiger partial charge in [-0.2, -0.15) is 0 Å². The van der Waals surface area contributed by atoms with Gasteiger partial charge < -0.3 is 10.2 Å². The van der Waals surface area contributed by atoms with E-state index in [1.807, 2.05) is 6.07 Å². The number of hydrogen-bond acceptors (Lipinski definition) is 4. The molecule has 152 valence electrons. The fourth-order valence-electron chi connectivity index (χ4n) is 3.32. The van der Waals surface area contributed by atoms with Crippen LogP contribution in [0.5, 0.6) is 0 Å². The Labute approximate surface area is 186 Å². The van der Waals surface area contributed by atoms with Crippen molar-refractivity contribution in [3.63, 3.8) is 0 Å². The fraction of sp³-hybridized carbons (Fsp3) is 0.318. The van der Waals surface area contributed by atoms with E-state index in [0.29, 0.717) is 27.9 Å². The molecule has 1 fully saturated rings. The predicted octanol–water partition coefficient (Wildman–Crippen LogP) is 5.40. The van der Waals surface area contributed by atoms with Crippen LogP contribution in [0.15, 0.2) is 48.5 Å². The number of thioether (sulfide) groups is 1. The Morgan fingerprint density at radius 3 is 2.69 bits per heavy atom. The lowest BCUT2D eigenvalue weighted by Crippen LogP contribution is -2.40. The van der Waals surface area contributed by atoms with Gasteiger partial charge in [-0.1, -0.05) is 65.9 Å². The van der Waals surface area contributed by atoms with Crippen LogP contribution in [0, 0.1) is 0 Å². The first-order valence-corrected chi connectivity index (χ1v) is 11.4. The molecule has 4 nitrogen and oxygen atoms in total. The Bertz CT molecular complexity index is 905. The lowest BCUT2D eigenvalue weighted by Gasteiger charge is -2.35. The zero-order valence-electron chi connectivity index (χ0n) is 16.2. The molecule has 1 heterocycles. The highest BCUT2D eigenvalue weighted by molar-refractivity contribution is 8.23. The molecule has 0 radical (unpaired) electrons. The Balaban J connectivity index is 1.66. The van der Waals surface area contributed by atoms with Gasteiger partial charge in [-0.15, -0.1) is 0 Å². The minimum absolute atomic E-state index is 0.186. The van der Waals surface area contributed by atoms with Gasteiger partial charge in [0.25, 0.3) is 0 Å². The molecule has 1 saturated heterocycles. The predicted molar refractivity (Wildman–Crippen MR) is 125 cm³/mol. The summed E-state index contributed by atoms with van der Waals surface area (Å²) in [5.74, 6) is -0.191. The average molecular weight is 447 g/mol. The van der Waals surface area contributed by atoms with Gasteiger partial charge in [0, 0.05) is 28.7 Å². The van der Waals surface area contributed by atoms with Gasteiger partial charge in [0.2, 0.25) is 5.91 Å². The Morgan fingerprint density at radius 1 is 1.21 bits per heavy atom. The summed E-state index contributed by atoms with van der Waals surface area (Å²) in [7, 11) is 0. The maximum absolute atomic E-state index is 12.9. The summed E-state index contributed by atoms with van der Waals surface area (Å²) in [6.07, 6.45) is 3.48. The molecule has 3 rings (SSSR count). The molecule has 1 aliphatic rings. The van der Waals surface area contributed by atoms with Crippen LogP contribution in [-0.2, 0) is 4.79 Å². The smallest absolute Gasteiger partial charge is 0.234 e. The van der Waals surface area contributed by atoms with Crippen molar-refractivity contribution in [1.29, 1.82) is 0 Å². The molecule has 0 aromatic heterocycles. The van der Waals surface area contributed by atoms with E-state index in [2.05, 4.69) is 17.1 Å². The number of thiocarbonyl (C=S) groups is 1. The number of amides is 1. The Morgan fingerprint density at radius 2 is 1.97 bits per heavy atom. The van der Waals surface area contributed by atoms with Crippen molar-refractivity contribution in [1.82, 2.24) is 4.90 Å². The van der Waals surface area contributed by atoms with Gasteiger partial charge >= 0.3 is 0 Å². The van der Waals surface area contributed by atoms with Crippen LogP contribution < -0.4 is 5.32 Å². The number of carbonyl (C=O) groups is 2. The summed E-state index contributed by atoms with van der Waals surface area (Å²) < 4.78 is 0.754. The largest absolute Gasteiger partial charge is 0.355 e. The van der Waals surface area contributed by atoms with E-state index in [-0.39, 0.29) is 17.4 Å². The topological polar surface area (TPSA) is 49.4 Å². The van der Waals surface area contributed by atoms with Gasteiger partial charge in [-0.3, -0.25) is 9.59 Å². The zero-order chi connectivity index (χ0) is 20.8. The maximum Gasteiger partial charge on any atom is 0.234 e. The molecule has 7 heteroatoms. The molecule has 29 heavy (non-hydrogen) atoms. The van der Waals surface area contributed by atoms with E-state index in [4.69, 9.17) is 23.8 Å². The molecule has 1 atom stereocenters. The standard InChI is InChI=1S/C22H23ClN2O2S2/c1-15-7-5-6-12-25(15)22(28)29-14-20(26)24-19-11-10-17(23)13-18(19)21(27)16-8-3-2-4-9-16/h2-4,8-11,13,15H,5-7,12,14H2,1H3,(H,24,26)/t15-/m1/s1. The summed E-state index contributed by atoms with van der Waals surface area (Å²) in [4.78, 5) is 27.6. The molecule has 2 aromatic rings. The Hall–Kier alpha value is -1.89. The quantitative estimate of drug-likeness (QED) is 0.492. The highest BCUT2D eigenvalue weighted by Crippen LogP contribution is 2.25. The lowest BCUT2D eigenvalue weighted by molar-refractivity contribution is -0.113. The molecular formula is C22H23ClN2O2S2. The normalized spacial score (nSPS) is 16.3. The lowest BCUT2D eigenvalue weighted by atomic mass is 10.0. The second kappa shape index (κ2) is 10.2. The molecule has 1 N–H and O–H groups in total. The van der Waals surface area contributed by atoms with E-state index >= 15 is 0 Å². The third-order valence-electron chi connectivity index (χ3n) is 4.90. The number of benzene rings is 2.